The number of benzene rings is 2. The summed E-state index contributed by atoms with van der Waals surface area (Å²) in [6, 6.07) is 9.82. The molecule has 0 fully saturated rings. The van der Waals surface area contributed by atoms with Gasteiger partial charge in [0.2, 0.25) is 5.91 Å². The molecular weight excluding hydrogens is 428 g/mol. The molecule has 0 spiro atoms. The van der Waals surface area contributed by atoms with E-state index in [1.807, 2.05) is 0 Å². The predicted molar refractivity (Wildman–Crippen MR) is 109 cm³/mol. The average molecular weight is 444 g/mol. The zero-order valence-electron chi connectivity index (χ0n) is 14.4. The van der Waals surface area contributed by atoms with E-state index in [0.717, 1.165) is 12.1 Å². The molecule has 2 aromatic carbocycles. The van der Waals surface area contributed by atoms with Gasteiger partial charge in [-0.05, 0) is 61.1 Å². The highest BCUT2D eigenvalue weighted by Gasteiger charge is 2.09. The zero-order valence-corrected chi connectivity index (χ0v) is 16.8. The number of hydrazine groups is 1. The third-order valence-electron chi connectivity index (χ3n) is 3.35. The van der Waals surface area contributed by atoms with E-state index >= 15 is 0 Å². The number of hydrogen-bond donors (Lipinski definition) is 3. The molecule has 2 amide bonds. The maximum absolute atomic E-state index is 12.8. The van der Waals surface area contributed by atoms with Gasteiger partial charge in [0.15, 0.2) is 5.11 Å². The van der Waals surface area contributed by atoms with Gasteiger partial charge in [0.05, 0.1) is 11.6 Å². The Labute approximate surface area is 176 Å². The fourth-order valence-electron chi connectivity index (χ4n) is 2.00. The van der Waals surface area contributed by atoms with E-state index < -0.39 is 11.7 Å². The second-order valence-electron chi connectivity index (χ2n) is 5.49. The smallest absolute Gasteiger partial charge is 0.257 e. The Hall–Kier alpha value is -2.42. The topological polar surface area (TPSA) is 79.5 Å². The van der Waals surface area contributed by atoms with Gasteiger partial charge in [0.25, 0.3) is 5.91 Å². The summed E-state index contributed by atoms with van der Waals surface area (Å²) < 4.78 is 18.3. The molecule has 3 N–H and O–H groups in total. The quantitative estimate of drug-likeness (QED) is 0.360. The van der Waals surface area contributed by atoms with Crippen LogP contribution in [0.3, 0.4) is 0 Å². The lowest BCUT2D eigenvalue weighted by Crippen LogP contribution is -2.48. The Balaban J connectivity index is 1.64. The predicted octanol–water partition coefficient (Wildman–Crippen LogP) is 3.63. The number of amides is 2. The van der Waals surface area contributed by atoms with Gasteiger partial charge < -0.3 is 4.74 Å². The fourth-order valence-corrected chi connectivity index (χ4v) is 2.61. The van der Waals surface area contributed by atoms with Gasteiger partial charge in [0.1, 0.15) is 11.6 Å². The molecule has 0 unspecified atom stereocenters. The highest BCUT2D eigenvalue weighted by atomic mass is 35.5. The number of ether oxygens (including phenoxy) is 1. The summed E-state index contributed by atoms with van der Waals surface area (Å²) >= 11 is 16.7. The third-order valence-corrected chi connectivity index (χ3v) is 4.08. The van der Waals surface area contributed by atoms with Crippen molar-refractivity contribution in [2.75, 3.05) is 6.61 Å². The molecular formula is C18H16Cl2FN3O3S. The van der Waals surface area contributed by atoms with Crippen molar-refractivity contribution in [2.45, 2.75) is 12.8 Å². The monoisotopic (exact) mass is 443 g/mol. The standard InChI is InChI=1S/C18H16Cl2FN3O3S/c19-12-5-8-15(14(20)10-12)27-9-1-2-16(25)23-24-18(28)22-17(26)11-3-6-13(21)7-4-11/h3-8,10H,1-2,9H2,(H,23,25)(H2,22,24,26,28). The van der Waals surface area contributed by atoms with Gasteiger partial charge in [-0.1, -0.05) is 23.2 Å². The Kier molecular flexibility index (Phi) is 8.43. The molecule has 0 aliphatic carbocycles. The second kappa shape index (κ2) is 10.8. The molecule has 6 nitrogen and oxygen atoms in total. The van der Waals surface area contributed by atoms with Crippen LogP contribution >= 0.6 is 35.4 Å². The van der Waals surface area contributed by atoms with Gasteiger partial charge in [0, 0.05) is 17.0 Å². The first-order chi connectivity index (χ1) is 13.3. The minimum absolute atomic E-state index is 0.0909. The maximum Gasteiger partial charge on any atom is 0.257 e. The van der Waals surface area contributed by atoms with Crippen LogP contribution in [0.5, 0.6) is 5.75 Å². The number of hydrogen-bond acceptors (Lipinski definition) is 4. The second-order valence-corrected chi connectivity index (χ2v) is 6.74. The molecule has 148 valence electrons. The van der Waals surface area contributed by atoms with Crippen molar-refractivity contribution in [3.8, 4) is 5.75 Å². The minimum Gasteiger partial charge on any atom is -0.492 e. The van der Waals surface area contributed by atoms with Crippen molar-refractivity contribution in [1.29, 1.82) is 0 Å². The molecule has 0 aromatic heterocycles. The van der Waals surface area contributed by atoms with E-state index in [2.05, 4.69) is 16.2 Å². The lowest BCUT2D eigenvalue weighted by Gasteiger charge is -2.11. The van der Waals surface area contributed by atoms with Crippen LogP contribution in [-0.4, -0.2) is 23.5 Å². The number of nitrogens with one attached hydrogen (secondary N) is 3. The number of thiocarbonyl (C=S) groups is 1. The summed E-state index contributed by atoms with van der Waals surface area (Å²) in [4.78, 5) is 23.7. The molecule has 0 heterocycles. The summed E-state index contributed by atoms with van der Waals surface area (Å²) in [5.41, 5.74) is 5.01. The van der Waals surface area contributed by atoms with Crippen LogP contribution in [0.4, 0.5) is 4.39 Å². The van der Waals surface area contributed by atoms with E-state index in [-0.39, 0.29) is 29.6 Å². The minimum atomic E-state index is -0.528. The summed E-state index contributed by atoms with van der Waals surface area (Å²) in [5.74, 6) is -0.842. The van der Waals surface area contributed by atoms with Crippen molar-refractivity contribution < 1.29 is 18.7 Å². The average Bonchev–Trinajstić information content (AvgIpc) is 2.65. The first-order valence-electron chi connectivity index (χ1n) is 8.09. The Morgan fingerprint density at radius 2 is 1.79 bits per heavy atom. The zero-order chi connectivity index (χ0) is 20.5. The summed E-state index contributed by atoms with van der Waals surface area (Å²) in [6.07, 6.45) is 0.591. The summed E-state index contributed by atoms with van der Waals surface area (Å²) in [6.45, 7) is 0.278. The number of carbonyl (C=O) groups excluding carboxylic acids is 2. The van der Waals surface area contributed by atoms with Gasteiger partial charge in [-0.15, -0.1) is 0 Å². The molecule has 2 aromatic rings. The molecule has 0 saturated heterocycles. The van der Waals surface area contributed by atoms with Gasteiger partial charge in [-0.2, -0.15) is 0 Å². The SMILES string of the molecule is O=C(CCCOc1ccc(Cl)cc1Cl)NNC(=S)NC(=O)c1ccc(F)cc1. The maximum atomic E-state index is 12.8. The van der Waals surface area contributed by atoms with Crippen molar-refractivity contribution >= 4 is 52.3 Å². The Bertz CT molecular complexity index is 866. The molecule has 0 radical (unpaired) electrons. The summed E-state index contributed by atoms with van der Waals surface area (Å²) in [7, 11) is 0. The number of carbonyl (C=O) groups is 2. The Morgan fingerprint density at radius 1 is 1.07 bits per heavy atom. The van der Waals surface area contributed by atoms with Crippen molar-refractivity contribution in [1.82, 2.24) is 16.2 Å². The molecule has 10 heteroatoms. The highest BCUT2D eigenvalue weighted by molar-refractivity contribution is 7.80. The lowest BCUT2D eigenvalue weighted by atomic mass is 10.2. The van der Waals surface area contributed by atoms with E-state index in [4.69, 9.17) is 40.2 Å². The van der Waals surface area contributed by atoms with E-state index in [9.17, 15) is 14.0 Å². The van der Waals surface area contributed by atoms with Gasteiger partial charge in [-0.3, -0.25) is 25.8 Å². The largest absolute Gasteiger partial charge is 0.492 e. The first kappa shape index (κ1) is 21.9. The van der Waals surface area contributed by atoms with Gasteiger partial charge in [-0.25, -0.2) is 4.39 Å². The number of rotatable bonds is 6. The molecule has 0 aliphatic rings. The molecule has 28 heavy (non-hydrogen) atoms. The van der Waals surface area contributed by atoms with E-state index in [0.29, 0.717) is 22.2 Å². The van der Waals surface area contributed by atoms with Crippen molar-refractivity contribution in [3.63, 3.8) is 0 Å². The first-order valence-corrected chi connectivity index (χ1v) is 9.25. The van der Waals surface area contributed by atoms with Crippen molar-refractivity contribution in [2.24, 2.45) is 0 Å². The van der Waals surface area contributed by atoms with Crippen LogP contribution in [0.25, 0.3) is 0 Å². The molecule has 0 saturated carbocycles. The van der Waals surface area contributed by atoms with Crippen molar-refractivity contribution in [3.05, 3.63) is 63.9 Å². The molecule has 0 bridgehead atoms. The van der Waals surface area contributed by atoms with E-state index in [1.165, 1.54) is 12.1 Å². The van der Waals surface area contributed by atoms with Crippen LogP contribution in [0, 0.1) is 5.82 Å². The lowest BCUT2D eigenvalue weighted by molar-refractivity contribution is -0.121. The molecule has 0 atom stereocenters. The fraction of sp³-hybridized carbons (Fsp3) is 0.167. The van der Waals surface area contributed by atoms with E-state index in [1.54, 1.807) is 18.2 Å². The van der Waals surface area contributed by atoms with Crippen LogP contribution in [0.1, 0.15) is 23.2 Å². The molecule has 2 rings (SSSR count). The van der Waals surface area contributed by atoms with Crippen LogP contribution < -0.4 is 20.9 Å². The summed E-state index contributed by atoms with van der Waals surface area (Å²) in [5, 5.41) is 3.17. The molecule has 0 aliphatic heterocycles. The Morgan fingerprint density at radius 3 is 2.46 bits per heavy atom. The normalized spacial score (nSPS) is 10.1. The van der Waals surface area contributed by atoms with Gasteiger partial charge >= 0.3 is 0 Å². The highest BCUT2D eigenvalue weighted by Crippen LogP contribution is 2.27. The third kappa shape index (κ3) is 7.30. The van der Waals surface area contributed by atoms with Crippen LogP contribution in [0.15, 0.2) is 42.5 Å². The van der Waals surface area contributed by atoms with Crippen LogP contribution in [-0.2, 0) is 4.79 Å². The van der Waals surface area contributed by atoms with Crippen LogP contribution in [0.2, 0.25) is 10.0 Å². The number of halogens is 3.